The number of hydrogen-bond acceptors (Lipinski definition) is 6. The maximum absolute atomic E-state index is 12.4. The van der Waals surface area contributed by atoms with E-state index in [0.717, 1.165) is 11.3 Å². The first-order chi connectivity index (χ1) is 14.7. The molecule has 1 atom stereocenters. The Morgan fingerprint density at radius 1 is 1.13 bits per heavy atom. The molecule has 7 nitrogen and oxygen atoms in total. The number of aryl methyl sites for hydroxylation is 2. The van der Waals surface area contributed by atoms with E-state index in [1.54, 1.807) is 36.4 Å². The van der Waals surface area contributed by atoms with Gasteiger partial charge >= 0.3 is 5.97 Å². The number of anilines is 1. The van der Waals surface area contributed by atoms with E-state index in [-0.39, 0.29) is 10.6 Å². The summed E-state index contributed by atoms with van der Waals surface area (Å²) in [5.74, 6) is 0.115. The van der Waals surface area contributed by atoms with E-state index in [1.807, 2.05) is 13.8 Å². The van der Waals surface area contributed by atoms with Gasteiger partial charge in [-0.05, 0) is 63.2 Å². The van der Waals surface area contributed by atoms with Crippen LogP contribution in [0.4, 0.5) is 5.69 Å². The number of nitrogens with one attached hydrogen (secondary N) is 1. The highest BCUT2D eigenvalue weighted by Crippen LogP contribution is 2.25. The van der Waals surface area contributed by atoms with Gasteiger partial charge in [0.25, 0.3) is 5.91 Å². The second-order valence-corrected chi connectivity index (χ2v) is 7.62. The number of carbonyl (C=O) groups is 2. The van der Waals surface area contributed by atoms with E-state index in [0.29, 0.717) is 28.8 Å². The summed E-state index contributed by atoms with van der Waals surface area (Å²) in [5, 5.41) is 7.21. The van der Waals surface area contributed by atoms with E-state index in [9.17, 15) is 9.59 Å². The van der Waals surface area contributed by atoms with Crippen molar-refractivity contribution in [3.05, 3.63) is 75.1 Å². The lowest BCUT2D eigenvalue weighted by Gasteiger charge is -2.14. The molecule has 0 aliphatic rings. The minimum Gasteiger partial charge on any atom is -0.489 e. The minimum absolute atomic E-state index is 0.284. The van der Waals surface area contributed by atoms with Crippen LogP contribution in [0.1, 0.15) is 34.3 Å². The van der Waals surface area contributed by atoms with Gasteiger partial charge in [0.05, 0.1) is 27.5 Å². The Balaban J connectivity index is 1.55. The molecule has 0 radical (unpaired) electrons. The topological polar surface area (TPSA) is 90.7 Å². The van der Waals surface area contributed by atoms with Crippen LogP contribution in [-0.4, -0.2) is 23.1 Å². The number of esters is 1. The van der Waals surface area contributed by atoms with Crippen LogP contribution in [0.25, 0.3) is 0 Å². The molecule has 31 heavy (non-hydrogen) atoms. The van der Waals surface area contributed by atoms with Gasteiger partial charge in [-0.1, -0.05) is 28.4 Å². The third kappa shape index (κ3) is 5.77. The maximum Gasteiger partial charge on any atom is 0.338 e. The maximum atomic E-state index is 12.4. The average Bonchev–Trinajstić information content (AvgIpc) is 3.06. The van der Waals surface area contributed by atoms with Gasteiger partial charge < -0.3 is 19.3 Å². The number of benzene rings is 2. The molecule has 0 aliphatic heterocycles. The Kier molecular flexibility index (Phi) is 7.20. The average molecular weight is 463 g/mol. The fourth-order valence-electron chi connectivity index (χ4n) is 2.66. The molecule has 1 amide bonds. The van der Waals surface area contributed by atoms with Gasteiger partial charge in [0.2, 0.25) is 0 Å². The number of hydrogen-bond donors (Lipinski definition) is 1. The smallest absolute Gasteiger partial charge is 0.338 e. The SMILES string of the molecule is Cc1noc(C)c1COc1ccc(C(=O)OC(C)C(=O)Nc2ccc(Cl)cc2Cl)cc1. The zero-order valence-corrected chi connectivity index (χ0v) is 18.6. The van der Waals surface area contributed by atoms with Crippen LogP contribution in [-0.2, 0) is 16.1 Å². The van der Waals surface area contributed by atoms with Crippen molar-refractivity contribution < 1.29 is 23.6 Å². The Hall–Kier alpha value is -3.03. The normalized spacial score (nSPS) is 11.6. The van der Waals surface area contributed by atoms with Crippen molar-refractivity contribution in [1.82, 2.24) is 5.16 Å². The van der Waals surface area contributed by atoms with Crippen molar-refractivity contribution in [3.8, 4) is 5.75 Å². The molecule has 0 bridgehead atoms. The second kappa shape index (κ2) is 9.85. The van der Waals surface area contributed by atoms with Gasteiger partial charge in [-0.2, -0.15) is 0 Å². The summed E-state index contributed by atoms with van der Waals surface area (Å²) < 4.78 is 16.1. The van der Waals surface area contributed by atoms with Crippen LogP contribution in [0, 0.1) is 13.8 Å². The van der Waals surface area contributed by atoms with Crippen LogP contribution < -0.4 is 10.1 Å². The number of carbonyl (C=O) groups excluding carboxylic acids is 2. The fraction of sp³-hybridized carbons (Fsp3) is 0.227. The lowest BCUT2D eigenvalue weighted by Crippen LogP contribution is -2.30. The number of halogens is 2. The first kappa shape index (κ1) is 22.7. The van der Waals surface area contributed by atoms with Crippen LogP contribution in [0.2, 0.25) is 10.0 Å². The highest BCUT2D eigenvalue weighted by Gasteiger charge is 2.20. The van der Waals surface area contributed by atoms with Gasteiger partial charge in [-0.3, -0.25) is 4.79 Å². The van der Waals surface area contributed by atoms with E-state index < -0.39 is 18.0 Å². The molecule has 2 aromatic carbocycles. The molecule has 0 saturated carbocycles. The molecular weight excluding hydrogens is 443 g/mol. The zero-order chi connectivity index (χ0) is 22.5. The molecule has 0 saturated heterocycles. The molecule has 0 spiro atoms. The lowest BCUT2D eigenvalue weighted by molar-refractivity contribution is -0.123. The third-order valence-corrected chi connectivity index (χ3v) is 5.04. The van der Waals surface area contributed by atoms with Crippen LogP contribution in [0.5, 0.6) is 5.75 Å². The van der Waals surface area contributed by atoms with Crippen LogP contribution >= 0.6 is 23.2 Å². The van der Waals surface area contributed by atoms with Crippen molar-refractivity contribution >= 4 is 40.8 Å². The Morgan fingerprint density at radius 2 is 1.84 bits per heavy atom. The predicted octanol–water partition coefficient (Wildman–Crippen LogP) is 5.36. The molecule has 3 rings (SSSR count). The molecule has 1 unspecified atom stereocenters. The standard InChI is InChI=1S/C22H20Cl2N2O5/c1-12-18(13(2)31-26-12)11-29-17-7-4-15(5-8-17)22(28)30-14(3)21(27)25-20-9-6-16(23)10-19(20)24/h4-10,14H,11H2,1-3H3,(H,25,27). The summed E-state index contributed by atoms with van der Waals surface area (Å²) in [5.41, 5.74) is 2.31. The summed E-state index contributed by atoms with van der Waals surface area (Å²) in [6.45, 7) is 5.43. The molecule has 1 heterocycles. The molecule has 0 aliphatic carbocycles. The largest absolute Gasteiger partial charge is 0.489 e. The number of amides is 1. The van der Waals surface area contributed by atoms with Crippen molar-refractivity contribution in [2.24, 2.45) is 0 Å². The van der Waals surface area contributed by atoms with Crippen molar-refractivity contribution in [2.45, 2.75) is 33.5 Å². The lowest BCUT2D eigenvalue weighted by atomic mass is 10.2. The Morgan fingerprint density at radius 3 is 2.45 bits per heavy atom. The quantitative estimate of drug-likeness (QED) is 0.475. The summed E-state index contributed by atoms with van der Waals surface area (Å²) in [4.78, 5) is 24.7. The molecule has 1 N–H and O–H groups in total. The predicted molar refractivity (Wildman–Crippen MR) is 117 cm³/mol. The van der Waals surface area contributed by atoms with Crippen molar-refractivity contribution in [1.29, 1.82) is 0 Å². The number of nitrogens with zero attached hydrogens (tertiary/aromatic N) is 1. The van der Waals surface area contributed by atoms with Crippen molar-refractivity contribution in [3.63, 3.8) is 0 Å². The van der Waals surface area contributed by atoms with E-state index in [4.69, 9.17) is 37.2 Å². The van der Waals surface area contributed by atoms with Crippen LogP contribution in [0.15, 0.2) is 47.0 Å². The molecule has 0 fully saturated rings. The van der Waals surface area contributed by atoms with E-state index >= 15 is 0 Å². The molecule has 3 aromatic rings. The molecule has 162 valence electrons. The number of ether oxygens (including phenoxy) is 2. The van der Waals surface area contributed by atoms with Gasteiger partial charge in [0.15, 0.2) is 6.10 Å². The highest BCUT2D eigenvalue weighted by molar-refractivity contribution is 6.36. The Bertz CT molecular complexity index is 1080. The van der Waals surface area contributed by atoms with Gasteiger partial charge in [0.1, 0.15) is 18.1 Å². The summed E-state index contributed by atoms with van der Waals surface area (Å²) in [6, 6.07) is 11.1. The Labute approximate surface area is 189 Å². The first-order valence-electron chi connectivity index (χ1n) is 9.36. The van der Waals surface area contributed by atoms with E-state index in [2.05, 4.69) is 10.5 Å². The van der Waals surface area contributed by atoms with E-state index in [1.165, 1.54) is 13.0 Å². The van der Waals surface area contributed by atoms with Gasteiger partial charge in [-0.15, -0.1) is 0 Å². The monoisotopic (exact) mass is 462 g/mol. The summed E-state index contributed by atoms with van der Waals surface area (Å²) in [7, 11) is 0. The molecule has 1 aromatic heterocycles. The highest BCUT2D eigenvalue weighted by atomic mass is 35.5. The number of rotatable bonds is 7. The number of aromatic nitrogens is 1. The fourth-order valence-corrected chi connectivity index (χ4v) is 3.11. The minimum atomic E-state index is -1.03. The third-order valence-electron chi connectivity index (χ3n) is 4.50. The molecule has 9 heteroatoms. The summed E-state index contributed by atoms with van der Waals surface area (Å²) >= 11 is 11.9. The summed E-state index contributed by atoms with van der Waals surface area (Å²) in [6.07, 6.45) is -1.03. The van der Waals surface area contributed by atoms with Crippen molar-refractivity contribution in [2.75, 3.05) is 5.32 Å². The molecular formula is C22H20Cl2N2O5. The zero-order valence-electron chi connectivity index (χ0n) is 17.1. The van der Waals surface area contributed by atoms with Gasteiger partial charge in [0, 0.05) is 5.02 Å². The van der Waals surface area contributed by atoms with Crippen LogP contribution in [0.3, 0.4) is 0 Å². The first-order valence-corrected chi connectivity index (χ1v) is 10.1. The van der Waals surface area contributed by atoms with Gasteiger partial charge in [-0.25, -0.2) is 4.79 Å². The second-order valence-electron chi connectivity index (χ2n) is 6.78.